The van der Waals surface area contributed by atoms with Gasteiger partial charge in [-0.1, -0.05) is 19.1 Å². The summed E-state index contributed by atoms with van der Waals surface area (Å²) in [6.45, 7) is 2.15. The van der Waals surface area contributed by atoms with Crippen molar-refractivity contribution in [3.05, 3.63) is 33.4 Å². The smallest absolute Gasteiger partial charge is 0.0588 e. The molecule has 1 N–H and O–H groups in total. The van der Waals surface area contributed by atoms with Gasteiger partial charge in [0.25, 0.3) is 0 Å². The summed E-state index contributed by atoms with van der Waals surface area (Å²) in [6, 6.07) is 8.36. The van der Waals surface area contributed by atoms with E-state index in [2.05, 4.69) is 53.8 Å². The Kier molecular flexibility index (Phi) is 6.68. The number of halogens is 1. The molecule has 3 heteroatoms. The summed E-state index contributed by atoms with van der Waals surface area (Å²) in [4.78, 5) is 0. The summed E-state index contributed by atoms with van der Waals surface area (Å²) < 4.78 is 1.24. The van der Waals surface area contributed by atoms with Crippen LogP contribution in [0.1, 0.15) is 18.9 Å². The molecular weight excluding hydrogens is 319 g/mol. The summed E-state index contributed by atoms with van der Waals surface area (Å²) >= 11 is 4.18. The van der Waals surface area contributed by atoms with Crippen LogP contribution in [0.5, 0.6) is 0 Å². The van der Waals surface area contributed by atoms with Crippen LogP contribution in [0.4, 0.5) is 0 Å². The number of benzene rings is 1. The minimum atomic E-state index is -0.191. The van der Waals surface area contributed by atoms with E-state index in [0.29, 0.717) is 0 Å². The van der Waals surface area contributed by atoms with Crippen LogP contribution in [-0.4, -0.2) is 22.7 Å². The van der Waals surface area contributed by atoms with Crippen molar-refractivity contribution < 1.29 is 5.11 Å². The van der Waals surface area contributed by atoms with Gasteiger partial charge in [0.05, 0.1) is 6.10 Å². The Morgan fingerprint density at radius 3 is 2.60 bits per heavy atom. The molecule has 0 bridgehead atoms. The van der Waals surface area contributed by atoms with E-state index >= 15 is 0 Å². The van der Waals surface area contributed by atoms with Crippen LogP contribution in [0.3, 0.4) is 0 Å². The molecule has 1 aromatic carbocycles. The molecule has 0 saturated carbocycles. The molecule has 0 amide bonds. The molecule has 0 fully saturated rings. The summed E-state index contributed by atoms with van der Waals surface area (Å²) in [6.07, 6.45) is 1.48. The first-order valence-corrected chi connectivity index (χ1v) is 7.46. The summed E-state index contributed by atoms with van der Waals surface area (Å²) in [5.74, 6) is 2.19. The minimum absolute atomic E-state index is 0.191. The third kappa shape index (κ3) is 5.78. The lowest BCUT2D eigenvalue weighted by Crippen LogP contribution is -2.11. The maximum Gasteiger partial charge on any atom is 0.0588 e. The molecule has 0 heterocycles. The second kappa shape index (κ2) is 7.52. The highest BCUT2D eigenvalue weighted by atomic mass is 127. The second-order valence-electron chi connectivity index (χ2n) is 3.47. The van der Waals surface area contributed by atoms with Crippen LogP contribution in [0.15, 0.2) is 24.3 Å². The number of aliphatic hydroxyl groups is 1. The van der Waals surface area contributed by atoms with Gasteiger partial charge in [-0.2, -0.15) is 11.8 Å². The van der Waals surface area contributed by atoms with Gasteiger partial charge in [-0.25, -0.2) is 0 Å². The Hall–Kier alpha value is 0.260. The van der Waals surface area contributed by atoms with Gasteiger partial charge in [0.2, 0.25) is 0 Å². The van der Waals surface area contributed by atoms with E-state index in [4.69, 9.17) is 0 Å². The Labute approximate surface area is 110 Å². The molecule has 1 unspecified atom stereocenters. The first kappa shape index (κ1) is 13.3. The van der Waals surface area contributed by atoms with Crippen LogP contribution < -0.4 is 0 Å². The fourth-order valence-corrected chi connectivity index (χ4v) is 2.45. The average Bonchev–Trinajstić information content (AvgIpc) is 2.22. The molecule has 0 spiro atoms. The molecule has 0 aliphatic carbocycles. The van der Waals surface area contributed by atoms with E-state index in [-0.39, 0.29) is 6.10 Å². The maximum atomic E-state index is 9.78. The number of rotatable bonds is 6. The van der Waals surface area contributed by atoms with Crippen molar-refractivity contribution in [1.29, 1.82) is 0 Å². The first-order valence-electron chi connectivity index (χ1n) is 5.22. The molecule has 1 rings (SSSR count). The molecule has 0 aliphatic rings. The SMILES string of the molecule is CCSCCC(O)Cc1ccc(I)cc1. The zero-order chi connectivity index (χ0) is 11.1. The fraction of sp³-hybridized carbons (Fsp3) is 0.500. The lowest BCUT2D eigenvalue weighted by Gasteiger charge is -2.09. The average molecular weight is 336 g/mol. The Bertz CT molecular complexity index is 273. The molecular formula is C12H17IOS. The van der Waals surface area contributed by atoms with Crippen molar-refractivity contribution in [2.24, 2.45) is 0 Å². The Morgan fingerprint density at radius 2 is 2.00 bits per heavy atom. The van der Waals surface area contributed by atoms with Crippen molar-refractivity contribution >= 4 is 34.4 Å². The number of aliphatic hydroxyl groups excluding tert-OH is 1. The molecule has 0 aromatic heterocycles. The molecule has 0 radical (unpaired) electrons. The van der Waals surface area contributed by atoms with Gasteiger partial charge < -0.3 is 5.11 Å². The van der Waals surface area contributed by atoms with Crippen LogP contribution in [0.2, 0.25) is 0 Å². The molecule has 15 heavy (non-hydrogen) atoms. The van der Waals surface area contributed by atoms with Crippen molar-refractivity contribution in [2.75, 3.05) is 11.5 Å². The summed E-state index contributed by atoms with van der Waals surface area (Å²) in [5, 5.41) is 9.78. The first-order chi connectivity index (χ1) is 7.22. The predicted octanol–water partition coefficient (Wildman–Crippen LogP) is 3.34. The third-order valence-corrected chi connectivity index (χ3v) is 3.84. The van der Waals surface area contributed by atoms with Crippen molar-refractivity contribution in [1.82, 2.24) is 0 Å². The van der Waals surface area contributed by atoms with Crippen molar-refractivity contribution in [3.63, 3.8) is 0 Å². The summed E-state index contributed by atoms with van der Waals surface area (Å²) in [7, 11) is 0. The molecule has 0 saturated heterocycles. The van der Waals surface area contributed by atoms with Gasteiger partial charge in [-0.3, -0.25) is 0 Å². The van der Waals surface area contributed by atoms with Crippen molar-refractivity contribution in [2.45, 2.75) is 25.9 Å². The molecule has 1 nitrogen and oxygen atoms in total. The topological polar surface area (TPSA) is 20.2 Å². The van der Waals surface area contributed by atoms with E-state index in [1.807, 2.05) is 11.8 Å². The monoisotopic (exact) mass is 336 g/mol. The van der Waals surface area contributed by atoms with E-state index in [1.54, 1.807) is 0 Å². The lowest BCUT2D eigenvalue weighted by molar-refractivity contribution is 0.172. The fourth-order valence-electron chi connectivity index (χ4n) is 1.36. The predicted molar refractivity (Wildman–Crippen MR) is 76.5 cm³/mol. The molecule has 1 atom stereocenters. The quantitative estimate of drug-likeness (QED) is 0.635. The normalized spacial score (nSPS) is 12.7. The Balaban J connectivity index is 2.31. The Morgan fingerprint density at radius 1 is 1.33 bits per heavy atom. The zero-order valence-electron chi connectivity index (χ0n) is 8.95. The zero-order valence-corrected chi connectivity index (χ0v) is 11.9. The van der Waals surface area contributed by atoms with E-state index < -0.39 is 0 Å². The largest absolute Gasteiger partial charge is 0.393 e. The standard InChI is InChI=1S/C12H17IOS/c1-2-15-8-7-12(14)9-10-3-5-11(13)6-4-10/h3-6,12,14H,2,7-9H2,1H3. The molecule has 84 valence electrons. The third-order valence-electron chi connectivity index (χ3n) is 2.18. The van der Waals surface area contributed by atoms with Gasteiger partial charge >= 0.3 is 0 Å². The van der Waals surface area contributed by atoms with Crippen LogP contribution >= 0.6 is 34.4 Å². The van der Waals surface area contributed by atoms with Gasteiger partial charge in [-0.15, -0.1) is 0 Å². The highest BCUT2D eigenvalue weighted by molar-refractivity contribution is 14.1. The highest BCUT2D eigenvalue weighted by Gasteiger charge is 2.04. The van der Waals surface area contributed by atoms with Crippen LogP contribution in [0.25, 0.3) is 0 Å². The van der Waals surface area contributed by atoms with Crippen LogP contribution in [0, 0.1) is 3.57 Å². The second-order valence-corrected chi connectivity index (χ2v) is 6.11. The van der Waals surface area contributed by atoms with Gasteiger partial charge in [0, 0.05) is 3.57 Å². The molecule has 1 aromatic rings. The van der Waals surface area contributed by atoms with Crippen LogP contribution in [-0.2, 0) is 6.42 Å². The van der Waals surface area contributed by atoms with Gasteiger partial charge in [0.1, 0.15) is 0 Å². The number of thioether (sulfide) groups is 1. The van der Waals surface area contributed by atoms with E-state index in [1.165, 1.54) is 9.13 Å². The van der Waals surface area contributed by atoms with E-state index in [9.17, 15) is 5.11 Å². The number of hydrogen-bond donors (Lipinski definition) is 1. The maximum absolute atomic E-state index is 9.78. The van der Waals surface area contributed by atoms with Gasteiger partial charge in [0.15, 0.2) is 0 Å². The van der Waals surface area contributed by atoms with Gasteiger partial charge in [-0.05, 0) is 64.6 Å². The molecule has 0 aliphatic heterocycles. The lowest BCUT2D eigenvalue weighted by atomic mass is 10.1. The van der Waals surface area contributed by atoms with E-state index in [0.717, 1.165) is 24.3 Å². The summed E-state index contributed by atoms with van der Waals surface area (Å²) in [5.41, 5.74) is 1.23. The number of hydrogen-bond acceptors (Lipinski definition) is 2. The van der Waals surface area contributed by atoms with Crippen molar-refractivity contribution in [3.8, 4) is 0 Å². The highest BCUT2D eigenvalue weighted by Crippen LogP contribution is 2.11. The minimum Gasteiger partial charge on any atom is -0.393 e.